The van der Waals surface area contributed by atoms with E-state index in [2.05, 4.69) is 0 Å². The van der Waals surface area contributed by atoms with Crippen LogP contribution in [0.1, 0.15) is 20.3 Å². The Morgan fingerprint density at radius 1 is 1.25 bits per heavy atom. The molecule has 0 spiro atoms. The number of nitrogens with zero attached hydrogens (tertiary/aromatic N) is 1. The summed E-state index contributed by atoms with van der Waals surface area (Å²) in [6.07, 6.45) is -6.84. The zero-order valence-corrected chi connectivity index (χ0v) is 14.5. The third-order valence-corrected chi connectivity index (χ3v) is 5.06. The molecule has 0 amide bonds. The van der Waals surface area contributed by atoms with E-state index in [1.54, 1.807) is 0 Å². The van der Waals surface area contributed by atoms with E-state index in [1.165, 1.54) is 13.8 Å². The van der Waals surface area contributed by atoms with Crippen LogP contribution in [0.4, 0.5) is 0 Å². The van der Waals surface area contributed by atoms with Gasteiger partial charge in [0.2, 0.25) is 5.04 Å². The SMILES string of the molecule is CC(C)(O)C/C(S[C@@H]1O[C@H](CO)[C@@H](O)[C@H](O)[C@H]1O)=[N+](\[O-])S(=O)(=O)O. The molecular formula is C11H21NO10S2. The van der Waals surface area contributed by atoms with E-state index in [0.717, 1.165) is 0 Å². The van der Waals surface area contributed by atoms with Gasteiger partial charge in [-0.25, -0.2) is 4.55 Å². The fourth-order valence-electron chi connectivity index (χ4n) is 1.95. The van der Waals surface area contributed by atoms with Crippen LogP contribution in [0.25, 0.3) is 0 Å². The Morgan fingerprint density at radius 3 is 2.21 bits per heavy atom. The predicted molar refractivity (Wildman–Crippen MR) is 82.5 cm³/mol. The molecule has 0 aliphatic carbocycles. The van der Waals surface area contributed by atoms with E-state index < -0.39 is 68.0 Å². The lowest BCUT2D eigenvalue weighted by Crippen LogP contribution is -2.57. The Balaban J connectivity index is 3.14. The minimum absolute atomic E-state index is 0.337. The molecule has 1 saturated heterocycles. The standard InChI is InChI=1S/C11H21NO10S2/c1-11(2,17)3-6(12(18)24(19,20)21)23-10-9(16)8(15)7(14)5(4-13)22-10/h5,7-10,13-17H,3-4H2,1-2H3,(H,19,20,21)/b12-6-/t5-,7-,8+,9-,10+/m1/s1. The van der Waals surface area contributed by atoms with Crippen molar-refractivity contribution in [2.75, 3.05) is 6.61 Å². The topological polar surface area (TPSA) is 191 Å². The largest absolute Gasteiger partial charge is 0.605 e. The van der Waals surface area contributed by atoms with E-state index in [4.69, 9.17) is 14.4 Å². The third-order valence-electron chi connectivity index (χ3n) is 3.10. The molecule has 0 radical (unpaired) electrons. The quantitative estimate of drug-likeness (QED) is 0.0718. The molecule has 1 fully saturated rings. The van der Waals surface area contributed by atoms with Gasteiger partial charge in [0.1, 0.15) is 29.9 Å². The number of aliphatic hydroxyl groups excluding tert-OH is 4. The van der Waals surface area contributed by atoms with Crippen molar-refractivity contribution in [2.24, 2.45) is 0 Å². The molecule has 5 atom stereocenters. The Kier molecular flexibility index (Phi) is 7.00. The van der Waals surface area contributed by atoms with Crippen LogP contribution in [0.2, 0.25) is 0 Å². The van der Waals surface area contributed by atoms with Crippen molar-refractivity contribution in [1.29, 1.82) is 0 Å². The van der Waals surface area contributed by atoms with Gasteiger partial charge < -0.3 is 35.5 Å². The number of aliphatic hydroxyl groups is 5. The molecule has 0 aromatic rings. The average Bonchev–Trinajstić information content (AvgIpc) is 2.43. The van der Waals surface area contributed by atoms with Crippen LogP contribution in [-0.4, -0.2) is 89.8 Å². The summed E-state index contributed by atoms with van der Waals surface area (Å²) in [5.41, 5.74) is -2.97. The van der Waals surface area contributed by atoms with Crippen molar-refractivity contribution in [3.05, 3.63) is 5.21 Å². The predicted octanol–water partition coefficient (Wildman–Crippen LogP) is -2.61. The smallest absolute Gasteiger partial charge is 0.518 e. The highest BCUT2D eigenvalue weighted by Gasteiger charge is 2.45. The first-order chi connectivity index (χ1) is 10.8. The van der Waals surface area contributed by atoms with E-state index in [0.29, 0.717) is 11.8 Å². The Bertz CT molecular complexity index is 570. The highest BCUT2D eigenvalue weighted by Crippen LogP contribution is 2.31. The molecule has 24 heavy (non-hydrogen) atoms. The number of thioether (sulfide) groups is 1. The molecule has 0 unspecified atom stereocenters. The molecule has 142 valence electrons. The summed E-state index contributed by atoms with van der Waals surface area (Å²) in [7, 11) is -5.18. The summed E-state index contributed by atoms with van der Waals surface area (Å²) in [5.74, 6) is 0. The lowest BCUT2D eigenvalue weighted by molar-refractivity contribution is -0.291. The van der Waals surface area contributed by atoms with Crippen LogP contribution in [-0.2, 0) is 15.0 Å². The average molecular weight is 391 g/mol. The van der Waals surface area contributed by atoms with Crippen molar-refractivity contribution >= 4 is 27.1 Å². The summed E-state index contributed by atoms with van der Waals surface area (Å²) in [4.78, 5) is 0. The summed E-state index contributed by atoms with van der Waals surface area (Å²) >= 11 is 0.337. The minimum atomic E-state index is -5.18. The fraction of sp³-hybridized carbons (Fsp3) is 0.909. The van der Waals surface area contributed by atoms with Crippen LogP contribution in [0.5, 0.6) is 0 Å². The maximum absolute atomic E-state index is 11.7. The zero-order valence-electron chi connectivity index (χ0n) is 12.9. The summed E-state index contributed by atoms with van der Waals surface area (Å²) < 4.78 is 35.4. The minimum Gasteiger partial charge on any atom is -0.605 e. The van der Waals surface area contributed by atoms with Crippen LogP contribution < -0.4 is 0 Å². The van der Waals surface area contributed by atoms with Crippen LogP contribution in [0.15, 0.2) is 0 Å². The molecule has 0 saturated carbocycles. The lowest BCUT2D eigenvalue weighted by atomic mass is 10.0. The van der Waals surface area contributed by atoms with Gasteiger partial charge in [-0.05, 0) is 25.6 Å². The van der Waals surface area contributed by atoms with Gasteiger partial charge in [-0.2, -0.15) is 0 Å². The maximum Gasteiger partial charge on any atom is 0.518 e. The van der Waals surface area contributed by atoms with Crippen LogP contribution >= 0.6 is 11.8 Å². The molecule has 0 bridgehead atoms. The first kappa shape index (κ1) is 21.5. The lowest BCUT2D eigenvalue weighted by Gasteiger charge is -2.39. The Morgan fingerprint density at radius 2 is 1.79 bits per heavy atom. The number of rotatable bonds is 5. The Hall–Kier alpha value is -0.510. The molecule has 1 rings (SSSR count). The molecule has 0 aromatic carbocycles. The molecule has 1 aliphatic rings. The second-order valence-electron chi connectivity index (χ2n) is 5.90. The normalized spacial score (nSPS) is 33.2. The summed E-state index contributed by atoms with van der Waals surface area (Å²) in [5, 5.41) is 59.3. The molecule has 1 heterocycles. The monoisotopic (exact) mass is 391 g/mol. The van der Waals surface area contributed by atoms with Crippen LogP contribution in [0.3, 0.4) is 0 Å². The molecule has 0 aromatic heterocycles. The van der Waals surface area contributed by atoms with Gasteiger partial charge >= 0.3 is 10.3 Å². The zero-order chi connectivity index (χ0) is 18.9. The summed E-state index contributed by atoms with van der Waals surface area (Å²) in [6, 6.07) is 0. The molecule has 6 N–H and O–H groups in total. The molecular weight excluding hydrogens is 370 g/mol. The maximum atomic E-state index is 11.7. The van der Waals surface area contributed by atoms with Gasteiger partial charge in [0.25, 0.3) is 0 Å². The second-order valence-corrected chi connectivity index (χ2v) is 8.30. The third kappa shape index (κ3) is 5.50. The molecule has 13 heteroatoms. The molecule has 11 nitrogen and oxygen atoms in total. The number of hydrogen-bond donors (Lipinski definition) is 6. The van der Waals surface area contributed by atoms with Crippen molar-refractivity contribution in [2.45, 2.75) is 55.7 Å². The van der Waals surface area contributed by atoms with Gasteiger partial charge in [-0.15, -0.1) is 8.42 Å². The van der Waals surface area contributed by atoms with E-state index in [1.807, 2.05) is 0 Å². The van der Waals surface area contributed by atoms with Crippen molar-refractivity contribution in [3.8, 4) is 0 Å². The van der Waals surface area contributed by atoms with Gasteiger partial charge in [0.05, 0.1) is 18.6 Å². The highest BCUT2D eigenvalue weighted by molar-refractivity contribution is 8.14. The second kappa shape index (κ2) is 7.80. The molecule has 1 aliphatic heterocycles. The highest BCUT2D eigenvalue weighted by atomic mass is 32.2. The first-order valence-corrected chi connectivity index (χ1v) is 9.06. The van der Waals surface area contributed by atoms with E-state index >= 15 is 0 Å². The van der Waals surface area contributed by atoms with Gasteiger partial charge in [-0.1, -0.05) is 4.14 Å². The Labute approximate surface area is 142 Å². The van der Waals surface area contributed by atoms with Crippen molar-refractivity contribution in [3.63, 3.8) is 0 Å². The van der Waals surface area contributed by atoms with E-state index in [9.17, 15) is 34.1 Å². The van der Waals surface area contributed by atoms with Crippen molar-refractivity contribution in [1.82, 2.24) is 0 Å². The van der Waals surface area contributed by atoms with Crippen molar-refractivity contribution < 1.29 is 47.4 Å². The van der Waals surface area contributed by atoms with Gasteiger partial charge in [-0.3, -0.25) is 0 Å². The van der Waals surface area contributed by atoms with Crippen LogP contribution in [0, 0.1) is 5.21 Å². The van der Waals surface area contributed by atoms with E-state index in [-0.39, 0.29) is 0 Å². The fourth-order valence-corrected chi connectivity index (χ4v) is 3.97. The number of ether oxygens (including phenoxy) is 1. The summed E-state index contributed by atoms with van der Waals surface area (Å²) in [6.45, 7) is 1.85. The first-order valence-electron chi connectivity index (χ1n) is 6.78. The van der Waals surface area contributed by atoms with Gasteiger partial charge in [0.15, 0.2) is 0 Å². The van der Waals surface area contributed by atoms with Gasteiger partial charge in [0, 0.05) is 0 Å². The number of hydrogen-bond acceptors (Lipinski definition) is 10.